The molecule has 1 heterocycles. The summed E-state index contributed by atoms with van der Waals surface area (Å²) in [6, 6.07) is 6.73. The van der Waals surface area contributed by atoms with Gasteiger partial charge in [-0.25, -0.2) is 4.79 Å². The Morgan fingerprint density at radius 3 is 2.27 bits per heavy atom. The number of urea groups is 1. The maximum atomic E-state index is 14.2. The summed E-state index contributed by atoms with van der Waals surface area (Å²) >= 11 is 0. The molecule has 3 unspecified atom stereocenters. The minimum absolute atomic E-state index is 0.0781. The van der Waals surface area contributed by atoms with Gasteiger partial charge in [0.2, 0.25) is 17.6 Å². The summed E-state index contributed by atoms with van der Waals surface area (Å²) in [6.45, 7) is 15.7. The molecule has 10 nitrogen and oxygen atoms in total. The van der Waals surface area contributed by atoms with E-state index in [-0.39, 0.29) is 31.2 Å². The van der Waals surface area contributed by atoms with E-state index in [9.17, 15) is 24.0 Å². The lowest BCUT2D eigenvalue weighted by molar-refractivity contribution is -0.144. The number of Topliss-reactive ketones (excluding diaryl/α,β-unsaturated/α-hetero) is 1. The molecular formula is C39H59N5O5. The summed E-state index contributed by atoms with van der Waals surface area (Å²) < 4.78 is 0. The number of benzene rings is 1. The van der Waals surface area contributed by atoms with Crippen LogP contribution in [0.25, 0.3) is 0 Å². The predicted molar refractivity (Wildman–Crippen MR) is 194 cm³/mol. The number of ketones is 1. The summed E-state index contributed by atoms with van der Waals surface area (Å²) in [4.78, 5) is 68.4. The molecule has 49 heavy (non-hydrogen) atoms. The van der Waals surface area contributed by atoms with Crippen molar-refractivity contribution in [3.63, 3.8) is 0 Å². The molecular weight excluding hydrogens is 618 g/mol. The standard InChI is InChI=1S/C36H51N5O5.C3H8/c1-7-9-18-27(29(42)32(44)37-22-8-2)38-31(43)28-25(3)19-23-41(28)33(45)30(35(4,5)6)39-34(46)40-36(20-14-11-15-21-36)24-26-16-12-10-13-17-26;1-3-2/h1,8,10,12-13,16-17,25,27-28,30H,2,9,11,14-15,18-24H2,3-6H3,(H,37,44)(H,38,43)(H2,39,40,46);3H2,1-2H3/t25?,27?,28-,30?;/m0./s1. The Labute approximate surface area is 294 Å². The number of amides is 5. The van der Waals surface area contributed by atoms with E-state index >= 15 is 0 Å². The molecule has 0 spiro atoms. The molecule has 0 aromatic heterocycles. The SMILES string of the molecule is C#CCCC(NC(=O)[C@@H]1C(C)CCN1C(=O)C(NC(=O)NC1(Cc2ccccc2)CCCCC1)C(C)(C)C)C(=O)C(=O)NCC=C.CCC. The molecule has 1 aromatic rings. The van der Waals surface area contributed by atoms with Gasteiger partial charge in [-0.05, 0) is 49.0 Å². The van der Waals surface area contributed by atoms with Crippen LogP contribution < -0.4 is 21.3 Å². The normalized spacial score (nSPS) is 19.5. The third-order valence-corrected chi connectivity index (χ3v) is 9.06. The van der Waals surface area contributed by atoms with Gasteiger partial charge in [0, 0.05) is 25.0 Å². The summed E-state index contributed by atoms with van der Waals surface area (Å²) in [5.41, 5.74) is 0.0531. The van der Waals surface area contributed by atoms with Crippen LogP contribution in [-0.2, 0) is 25.6 Å². The average Bonchev–Trinajstić information content (AvgIpc) is 3.45. The van der Waals surface area contributed by atoms with Gasteiger partial charge in [-0.1, -0.05) is 104 Å². The van der Waals surface area contributed by atoms with E-state index in [0.29, 0.717) is 19.4 Å². The molecule has 4 N–H and O–H groups in total. The molecule has 3 rings (SSSR count). The number of carbonyl (C=O) groups is 5. The second-order valence-corrected chi connectivity index (χ2v) is 14.5. The summed E-state index contributed by atoms with van der Waals surface area (Å²) in [5.74, 6) is -0.336. The zero-order valence-electron chi connectivity index (χ0n) is 30.5. The van der Waals surface area contributed by atoms with Gasteiger partial charge < -0.3 is 26.2 Å². The topological polar surface area (TPSA) is 137 Å². The van der Waals surface area contributed by atoms with Crippen LogP contribution in [0.4, 0.5) is 4.79 Å². The van der Waals surface area contributed by atoms with Crippen molar-refractivity contribution in [1.29, 1.82) is 0 Å². The van der Waals surface area contributed by atoms with E-state index in [4.69, 9.17) is 6.42 Å². The highest BCUT2D eigenvalue weighted by molar-refractivity contribution is 6.38. The molecule has 1 aliphatic carbocycles. The molecule has 4 atom stereocenters. The fourth-order valence-corrected chi connectivity index (χ4v) is 6.54. The molecule has 1 saturated heterocycles. The third kappa shape index (κ3) is 12.4. The maximum absolute atomic E-state index is 14.2. The van der Waals surface area contributed by atoms with E-state index in [1.54, 1.807) is 0 Å². The number of likely N-dealkylation sites (tertiary alicyclic amines) is 1. The van der Waals surface area contributed by atoms with Crippen molar-refractivity contribution >= 4 is 29.5 Å². The number of nitrogens with one attached hydrogen (secondary N) is 4. The Balaban J connectivity index is 0.00000267. The van der Waals surface area contributed by atoms with Crippen LogP contribution in [0, 0.1) is 23.7 Å². The number of nitrogens with zero attached hydrogens (tertiary/aromatic N) is 1. The molecule has 1 saturated carbocycles. The summed E-state index contributed by atoms with van der Waals surface area (Å²) in [7, 11) is 0. The first-order chi connectivity index (χ1) is 23.2. The molecule has 10 heteroatoms. The monoisotopic (exact) mass is 677 g/mol. The van der Waals surface area contributed by atoms with Gasteiger partial charge >= 0.3 is 6.03 Å². The molecule has 0 bridgehead atoms. The number of hydrogen-bond acceptors (Lipinski definition) is 5. The van der Waals surface area contributed by atoms with Crippen LogP contribution in [0.15, 0.2) is 43.0 Å². The Bertz CT molecular complexity index is 1310. The lowest BCUT2D eigenvalue weighted by Gasteiger charge is -2.40. The summed E-state index contributed by atoms with van der Waals surface area (Å²) in [6.07, 6.45) is 14.5. The number of rotatable bonds is 13. The third-order valence-electron chi connectivity index (χ3n) is 9.06. The lowest BCUT2D eigenvalue weighted by atomic mass is 9.77. The molecule has 5 amide bonds. The van der Waals surface area contributed by atoms with Gasteiger partial charge in [-0.15, -0.1) is 18.9 Å². The molecule has 1 aliphatic heterocycles. The number of terminal acetylenes is 1. The zero-order valence-corrected chi connectivity index (χ0v) is 30.5. The maximum Gasteiger partial charge on any atom is 0.315 e. The van der Waals surface area contributed by atoms with E-state index in [1.165, 1.54) is 17.4 Å². The fraction of sp³-hybridized carbons (Fsp3) is 0.615. The van der Waals surface area contributed by atoms with Gasteiger partial charge in [0.05, 0.1) is 6.04 Å². The minimum atomic E-state index is -1.14. The first kappa shape index (κ1) is 41.0. The van der Waals surface area contributed by atoms with Crippen LogP contribution in [0.2, 0.25) is 0 Å². The van der Waals surface area contributed by atoms with Crippen LogP contribution in [-0.4, -0.2) is 71.2 Å². The highest BCUT2D eigenvalue weighted by Crippen LogP contribution is 2.32. The van der Waals surface area contributed by atoms with Crippen molar-refractivity contribution in [2.24, 2.45) is 11.3 Å². The Morgan fingerprint density at radius 1 is 1.06 bits per heavy atom. The van der Waals surface area contributed by atoms with Crippen LogP contribution in [0.1, 0.15) is 105 Å². The largest absolute Gasteiger partial charge is 0.346 e. The van der Waals surface area contributed by atoms with Crippen LogP contribution in [0.5, 0.6) is 0 Å². The second-order valence-electron chi connectivity index (χ2n) is 14.5. The fourth-order valence-electron chi connectivity index (χ4n) is 6.54. The second kappa shape index (κ2) is 19.8. The minimum Gasteiger partial charge on any atom is -0.346 e. The van der Waals surface area contributed by atoms with Crippen molar-refractivity contribution in [2.75, 3.05) is 13.1 Å². The Hall–Kier alpha value is -4.13. The van der Waals surface area contributed by atoms with Crippen molar-refractivity contribution in [1.82, 2.24) is 26.2 Å². The van der Waals surface area contributed by atoms with Gasteiger partial charge in [-0.2, -0.15) is 0 Å². The van der Waals surface area contributed by atoms with E-state index in [0.717, 1.165) is 37.7 Å². The van der Waals surface area contributed by atoms with Gasteiger partial charge in [0.25, 0.3) is 5.91 Å². The highest BCUT2D eigenvalue weighted by Gasteiger charge is 2.46. The number of carbonyl (C=O) groups excluding carboxylic acids is 5. The molecule has 2 fully saturated rings. The van der Waals surface area contributed by atoms with Gasteiger partial charge in [0.1, 0.15) is 12.1 Å². The van der Waals surface area contributed by atoms with Crippen LogP contribution >= 0.6 is 0 Å². The quantitative estimate of drug-likeness (QED) is 0.131. The van der Waals surface area contributed by atoms with Crippen molar-refractivity contribution < 1.29 is 24.0 Å². The molecule has 270 valence electrons. The first-order valence-corrected chi connectivity index (χ1v) is 17.8. The zero-order chi connectivity index (χ0) is 36.6. The van der Waals surface area contributed by atoms with Gasteiger partial charge in [0.15, 0.2) is 0 Å². The Morgan fingerprint density at radius 2 is 1.69 bits per heavy atom. The summed E-state index contributed by atoms with van der Waals surface area (Å²) in [5, 5.41) is 11.4. The van der Waals surface area contributed by atoms with Crippen LogP contribution in [0.3, 0.4) is 0 Å². The van der Waals surface area contributed by atoms with Crippen molar-refractivity contribution in [3.05, 3.63) is 48.6 Å². The number of hydrogen-bond donors (Lipinski definition) is 4. The smallest absolute Gasteiger partial charge is 0.315 e. The molecule has 0 radical (unpaired) electrons. The Kier molecular flexibility index (Phi) is 16.6. The van der Waals surface area contributed by atoms with Crippen molar-refractivity contribution in [2.45, 2.75) is 129 Å². The van der Waals surface area contributed by atoms with E-state index < -0.39 is 52.7 Å². The van der Waals surface area contributed by atoms with E-state index in [1.807, 2.05) is 45.9 Å². The average molecular weight is 678 g/mol. The first-order valence-electron chi connectivity index (χ1n) is 17.8. The van der Waals surface area contributed by atoms with Gasteiger partial charge in [-0.3, -0.25) is 19.2 Å². The molecule has 2 aliphatic rings. The van der Waals surface area contributed by atoms with E-state index in [2.05, 4.69) is 59.7 Å². The lowest BCUT2D eigenvalue weighted by Crippen LogP contribution is -2.62. The van der Waals surface area contributed by atoms with Crippen molar-refractivity contribution in [3.8, 4) is 12.3 Å². The molecule has 1 aromatic carbocycles. The predicted octanol–water partition coefficient (Wildman–Crippen LogP) is 5.07. The highest BCUT2D eigenvalue weighted by atomic mass is 16.2.